The Kier molecular flexibility index (Phi) is 12.0. The highest BCUT2D eigenvalue weighted by Gasteiger charge is 2.24. The number of benzene rings is 6. The largest absolute Gasteiger partial charge is 0.457 e. The third-order valence-electron chi connectivity index (χ3n) is 13.3. The fourth-order valence-electron chi connectivity index (χ4n) is 8.81. The second-order valence-electron chi connectivity index (χ2n) is 23.8. The van der Waals surface area contributed by atoms with Gasteiger partial charge in [0.05, 0.1) is 22.4 Å². The van der Waals surface area contributed by atoms with Gasteiger partial charge in [-0.2, -0.15) is 0 Å². The van der Waals surface area contributed by atoms with Crippen LogP contribution in [0.3, 0.4) is 0 Å². The molecule has 0 radical (unpaired) electrons. The topological polar surface area (TPSA) is 42.3 Å². The summed E-state index contributed by atoms with van der Waals surface area (Å²) in [7, 11) is 2.14. The van der Waals surface area contributed by atoms with Crippen LogP contribution in [0.15, 0.2) is 140 Å². The molecule has 2 heterocycles. The van der Waals surface area contributed by atoms with Gasteiger partial charge in [-0.15, -0.1) is 0 Å². The average Bonchev–Trinajstić information content (AvgIpc) is 3.57. The number of aromatic nitrogens is 2. The Balaban J connectivity index is 1.18. The molecule has 0 saturated carbocycles. The lowest BCUT2D eigenvalue weighted by molar-refractivity contribution is 0.483. The zero-order valence-electron chi connectivity index (χ0n) is 43.0. The maximum atomic E-state index is 6.81. The summed E-state index contributed by atoms with van der Waals surface area (Å²) in [6, 6.07) is 48.9. The molecule has 0 saturated heterocycles. The van der Waals surface area contributed by atoms with Crippen molar-refractivity contribution < 1.29 is 4.74 Å². The van der Waals surface area contributed by atoms with E-state index in [1.54, 1.807) is 0 Å². The highest BCUT2D eigenvalue weighted by atomic mass is 16.5. The molecular weight excluding hydrogens is 817 g/mol. The molecule has 0 bridgehead atoms. The molecule has 0 aliphatic heterocycles. The van der Waals surface area contributed by atoms with Gasteiger partial charge in [0.25, 0.3) is 0 Å². The second kappa shape index (κ2) is 17.1. The van der Waals surface area contributed by atoms with Gasteiger partial charge in [0.15, 0.2) is 0 Å². The summed E-state index contributed by atoms with van der Waals surface area (Å²) in [5.74, 6) is 2.40. The molecule has 5 heteroatoms. The quantitative estimate of drug-likeness (QED) is 0.165. The van der Waals surface area contributed by atoms with Crippen LogP contribution < -0.4 is 15.0 Å². The summed E-state index contributed by atoms with van der Waals surface area (Å²) in [4.78, 5) is 7.26. The van der Waals surface area contributed by atoms with E-state index in [1.807, 2.05) is 12.3 Å². The van der Waals surface area contributed by atoms with Crippen molar-refractivity contribution in [2.45, 2.75) is 131 Å². The predicted molar refractivity (Wildman–Crippen MR) is 288 cm³/mol. The number of fused-ring (bicyclic) bond motifs is 3. The van der Waals surface area contributed by atoms with Crippen LogP contribution in [0.4, 0.5) is 22.7 Å². The molecule has 8 aromatic rings. The third kappa shape index (κ3) is 10.0. The van der Waals surface area contributed by atoms with Gasteiger partial charge in [-0.05, 0) is 133 Å². The minimum Gasteiger partial charge on any atom is -0.457 e. The van der Waals surface area contributed by atoms with Gasteiger partial charge < -0.3 is 15.0 Å². The lowest BCUT2D eigenvalue weighted by Crippen LogP contribution is -2.17. The SMILES string of the molecule is CN(c1cccc(Oc2ccc3c4ccc(-c5ccc(C(C)(C)C)cc5)cc4n(-c4cc(C(C)(C)C)ccn4)c3c2)c1)c1ccc(C(C)(C)C)cc1Nc1cc(C(C)(C)C)cc(C(C)(C)C)c1. The second-order valence-corrected chi connectivity index (χ2v) is 23.8. The van der Waals surface area contributed by atoms with Crippen molar-refractivity contribution in [3.63, 3.8) is 0 Å². The molecular formula is C62H72N4O. The van der Waals surface area contributed by atoms with Crippen LogP contribution in [0.1, 0.15) is 132 Å². The summed E-state index contributed by atoms with van der Waals surface area (Å²) < 4.78 is 9.12. The Morgan fingerprint density at radius 1 is 0.463 bits per heavy atom. The van der Waals surface area contributed by atoms with Crippen LogP contribution in [0.2, 0.25) is 0 Å². The van der Waals surface area contributed by atoms with Crippen LogP contribution in [-0.4, -0.2) is 16.6 Å². The summed E-state index contributed by atoms with van der Waals surface area (Å²) in [6.07, 6.45) is 1.94. The Morgan fingerprint density at radius 2 is 1.00 bits per heavy atom. The van der Waals surface area contributed by atoms with Crippen LogP contribution in [0.25, 0.3) is 38.8 Å². The monoisotopic (exact) mass is 889 g/mol. The van der Waals surface area contributed by atoms with Gasteiger partial charge in [-0.3, -0.25) is 4.57 Å². The van der Waals surface area contributed by atoms with Gasteiger partial charge in [0.1, 0.15) is 17.3 Å². The zero-order valence-corrected chi connectivity index (χ0v) is 43.0. The molecule has 8 rings (SSSR count). The highest BCUT2D eigenvalue weighted by molar-refractivity contribution is 6.10. The molecule has 2 aromatic heterocycles. The molecule has 0 aliphatic carbocycles. The van der Waals surface area contributed by atoms with Crippen molar-refractivity contribution in [2.75, 3.05) is 17.3 Å². The van der Waals surface area contributed by atoms with E-state index in [0.717, 1.165) is 56.5 Å². The molecule has 5 nitrogen and oxygen atoms in total. The van der Waals surface area contributed by atoms with Gasteiger partial charge in [-0.25, -0.2) is 4.98 Å². The first kappa shape index (κ1) is 47.2. The number of ether oxygens (including phenoxy) is 1. The van der Waals surface area contributed by atoms with Crippen molar-refractivity contribution in [3.8, 4) is 28.4 Å². The van der Waals surface area contributed by atoms with Crippen LogP contribution in [0.5, 0.6) is 11.5 Å². The van der Waals surface area contributed by atoms with E-state index in [0.29, 0.717) is 0 Å². The Hall–Kier alpha value is -6.33. The fourth-order valence-corrected chi connectivity index (χ4v) is 8.81. The number of hydrogen-bond donors (Lipinski definition) is 1. The van der Waals surface area contributed by atoms with E-state index < -0.39 is 0 Å². The number of anilines is 4. The van der Waals surface area contributed by atoms with E-state index in [1.165, 1.54) is 44.3 Å². The smallest absolute Gasteiger partial charge is 0.137 e. The van der Waals surface area contributed by atoms with Crippen molar-refractivity contribution in [2.24, 2.45) is 0 Å². The molecule has 0 aliphatic rings. The number of nitrogens with zero attached hydrogens (tertiary/aromatic N) is 3. The molecule has 67 heavy (non-hydrogen) atoms. The van der Waals surface area contributed by atoms with Crippen LogP contribution >= 0.6 is 0 Å². The lowest BCUT2D eigenvalue weighted by Gasteiger charge is -2.29. The Labute approximate surface area is 401 Å². The van der Waals surface area contributed by atoms with Crippen molar-refractivity contribution in [1.29, 1.82) is 0 Å². The predicted octanol–water partition coefficient (Wildman–Crippen LogP) is 17.6. The van der Waals surface area contributed by atoms with E-state index in [2.05, 4.69) is 253 Å². The summed E-state index contributed by atoms with van der Waals surface area (Å²) >= 11 is 0. The van der Waals surface area contributed by atoms with E-state index >= 15 is 0 Å². The van der Waals surface area contributed by atoms with Gasteiger partial charge in [-0.1, -0.05) is 158 Å². The Bertz CT molecular complexity index is 3070. The van der Waals surface area contributed by atoms with E-state index in [9.17, 15) is 0 Å². The molecule has 6 aromatic carbocycles. The third-order valence-corrected chi connectivity index (χ3v) is 13.3. The lowest BCUT2D eigenvalue weighted by atomic mass is 9.80. The van der Waals surface area contributed by atoms with Crippen molar-refractivity contribution in [1.82, 2.24) is 9.55 Å². The maximum Gasteiger partial charge on any atom is 0.137 e. The first-order valence-electron chi connectivity index (χ1n) is 24.0. The number of rotatable bonds is 8. The normalized spacial score (nSPS) is 12.8. The Morgan fingerprint density at radius 3 is 1.61 bits per heavy atom. The van der Waals surface area contributed by atoms with E-state index in [-0.39, 0.29) is 27.1 Å². The van der Waals surface area contributed by atoms with Crippen molar-refractivity contribution in [3.05, 3.63) is 167 Å². The van der Waals surface area contributed by atoms with Crippen molar-refractivity contribution >= 4 is 44.6 Å². The molecule has 0 fully saturated rings. The first-order valence-corrected chi connectivity index (χ1v) is 24.0. The molecule has 346 valence electrons. The van der Waals surface area contributed by atoms with Crippen LogP contribution in [0, 0.1) is 0 Å². The minimum atomic E-state index is -0.0402. The van der Waals surface area contributed by atoms with Gasteiger partial charge >= 0.3 is 0 Å². The summed E-state index contributed by atoms with van der Waals surface area (Å²) in [5.41, 5.74) is 15.2. The maximum absolute atomic E-state index is 6.81. The standard InChI is InChI=1S/C62H72N4O/c1-58(2,3)42-23-20-40(21-24-42)41-22-27-51-52-28-26-50(39-56(52)66(55(51)32-41)57-37-44(30-31-63-57)60(7,8)9)67-49-19-17-18-48(38-49)65(16)54-29-25-43(59(4,5)6)36-53(54)64-47-34-45(61(10,11)12)33-46(35-47)62(13,14)15/h17-39,64H,1-16H3. The summed E-state index contributed by atoms with van der Waals surface area (Å²) in [5, 5.41) is 6.23. The van der Waals surface area contributed by atoms with Gasteiger partial charge in [0, 0.05) is 47.5 Å². The highest BCUT2D eigenvalue weighted by Crippen LogP contribution is 2.42. The number of hydrogen-bond acceptors (Lipinski definition) is 4. The molecule has 0 unspecified atom stereocenters. The zero-order chi connectivity index (χ0) is 48.4. The van der Waals surface area contributed by atoms with Gasteiger partial charge in [0.2, 0.25) is 0 Å². The average molecular weight is 889 g/mol. The minimum absolute atomic E-state index is 0.00321. The van der Waals surface area contributed by atoms with E-state index in [4.69, 9.17) is 9.72 Å². The molecule has 1 N–H and O–H groups in total. The fraction of sp³-hybridized carbons (Fsp3) is 0.339. The number of nitrogens with one attached hydrogen (secondary N) is 1. The molecule has 0 spiro atoms. The summed E-state index contributed by atoms with van der Waals surface area (Å²) in [6.45, 7) is 34.1. The number of pyridine rings is 1. The molecule has 0 amide bonds. The molecule has 0 atom stereocenters. The van der Waals surface area contributed by atoms with Crippen LogP contribution in [-0.2, 0) is 27.1 Å². The first-order chi connectivity index (χ1) is 31.2.